The molecule has 0 spiro atoms. The summed E-state index contributed by atoms with van der Waals surface area (Å²) in [5, 5.41) is 1.72. The maximum Gasteiger partial charge on any atom is 0.222 e. The van der Waals surface area contributed by atoms with Gasteiger partial charge in [0, 0.05) is 22.0 Å². The number of anilines is 2. The van der Waals surface area contributed by atoms with Crippen molar-refractivity contribution in [2.24, 2.45) is 0 Å². The van der Waals surface area contributed by atoms with Crippen LogP contribution >= 0.6 is 11.3 Å². The van der Waals surface area contributed by atoms with E-state index < -0.39 is 0 Å². The summed E-state index contributed by atoms with van der Waals surface area (Å²) in [7, 11) is 0. The van der Waals surface area contributed by atoms with Crippen LogP contribution in [0.15, 0.2) is 30.5 Å². The van der Waals surface area contributed by atoms with Crippen molar-refractivity contribution in [1.82, 2.24) is 15.0 Å². The van der Waals surface area contributed by atoms with Crippen LogP contribution < -0.4 is 11.5 Å². The van der Waals surface area contributed by atoms with Crippen molar-refractivity contribution in [3.05, 3.63) is 35.3 Å². The molecule has 1 aromatic carbocycles. The molecule has 0 saturated carbocycles. The molecule has 4 rings (SSSR count). The first kappa shape index (κ1) is 13.7. The lowest BCUT2D eigenvalue weighted by Crippen LogP contribution is -2.01. The number of nitrogens with two attached hydrogens (primary N) is 2. The number of nitrogen functional groups attached to an aromatic ring is 2. The van der Waals surface area contributed by atoms with Crippen LogP contribution in [0, 0.1) is 0 Å². The molecular formula is C16H13N5OS. The van der Waals surface area contributed by atoms with Gasteiger partial charge in [0.1, 0.15) is 5.82 Å². The third-order valence-corrected chi connectivity index (χ3v) is 4.99. The van der Waals surface area contributed by atoms with E-state index in [1.54, 1.807) is 6.92 Å². The number of carbonyl (C=O) groups is 1. The van der Waals surface area contributed by atoms with Gasteiger partial charge in [0.05, 0.1) is 21.3 Å². The van der Waals surface area contributed by atoms with E-state index in [1.165, 1.54) is 11.3 Å². The van der Waals surface area contributed by atoms with E-state index in [2.05, 4.69) is 15.0 Å². The van der Waals surface area contributed by atoms with E-state index in [4.69, 9.17) is 11.5 Å². The molecule has 0 bridgehead atoms. The van der Waals surface area contributed by atoms with Crippen LogP contribution in [0.2, 0.25) is 0 Å². The van der Waals surface area contributed by atoms with Crippen molar-refractivity contribution in [1.29, 1.82) is 0 Å². The Hall–Kier alpha value is -2.93. The van der Waals surface area contributed by atoms with Gasteiger partial charge in [0.25, 0.3) is 0 Å². The largest absolute Gasteiger partial charge is 0.383 e. The number of aromatic nitrogens is 3. The number of nitrogens with one attached hydrogen (secondary N) is 1. The highest BCUT2D eigenvalue weighted by Gasteiger charge is 2.15. The van der Waals surface area contributed by atoms with Crippen LogP contribution in [0.25, 0.3) is 32.2 Å². The minimum atomic E-state index is 0.0561. The molecule has 114 valence electrons. The van der Waals surface area contributed by atoms with Crippen molar-refractivity contribution < 1.29 is 4.79 Å². The first-order valence-corrected chi connectivity index (χ1v) is 7.80. The summed E-state index contributed by atoms with van der Waals surface area (Å²) in [5.74, 6) is 0.561. The number of Topliss-reactive ketones (excluding diaryl/α,β-unsaturated/α-hetero) is 1. The van der Waals surface area contributed by atoms with Gasteiger partial charge in [-0.2, -0.15) is 4.98 Å². The lowest BCUT2D eigenvalue weighted by Gasteiger charge is -2.08. The number of hydrogen-bond donors (Lipinski definition) is 3. The average molecular weight is 323 g/mol. The van der Waals surface area contributed by atoms with Crippen molar-refractivity contribution in [3.8, 4) is 10.4 Å². The predicted molar refractivity (Wildman–Crippen MR) is 93.5 cm³/mol. The minimum Gasteiger partial charge on any atom is -0.383 e. The van der Waals surface area contributed by atoms with E-state index >= 15 is 0 Å². The molecule has 0 amide bonds. The van der Waals surface area contributed by atoms with Crippen LogP contribution in [0.3, 0.4) is 0 Å². The van der Waals surface area contributed by atoms with Gasteiger partial charge in [-0.3, -0.25) is 4.79 Å². The lowest BCUT2D eigenvalue weighted by molar-refractivity contribution is 0.102. The van der Waals surface area contributed by atoms with Gasteiger partial charge in [0.15, 0.2) is 5.78 Å². The maximum atomic E-state index is 11.6. The molecule has 5 N–H and O–H groups in total. The summed E-state index contributed by atoms with van der Waals surface area (Å²) in [6.07, 6.45) is 1.85. The lowest BCUT2D eigenvalue weighted by atomic mass is 10.1. The number of ketones is 1. The first-order valence-electron chi connectivity index (χ1n) is 6.98. The molecule has 0 aliphatic rings. The number of benzene rings is 1. The van der Waals surface area contributed by atoms with E-state index in [1.807, 2.05) is 30.5 Å². The molecule has 3 heterocycles. The van der Waals surface area contributed by atoms with Crippen LogP contribution in [-0.4, -0.2) is 20.7 Å². The Bertz CT molecular complexity index is 1080. The van der Waals surface area contributed by atoms with Gasteiger partial charge >= 0.3 is 0 Å². The highest BCUT2D eigenvalue weighted by atomic mass is 32.1. The normalized spacial score (nSPS) is 11.3. The number of H-pyrrole nitrogens is 1. The van der Waals surface area contributed by atoms with Gasteiger partial charge in [0.2, 0.25) is 5.95 Å². The topological polar surface area (TPSA) is 111 Å². The van der Waals surface area contributed by atoms with Gasteiger partial charge in [-0.15, -0.1) is 11.3 Å². The Morgan fingerprint density at radius 3 is 2.78 bits per heavy atom. The monoisotopic (exact) mass is 323 g/mol. The molecule has 0 atom stereocenters. The summed E-state index contributed by atoms with van der Waals surface area (Å²) in [6, 6.07) is 7.65. The third kappa shape index (κ3) is 2.05. The molecule has 7 heteroatoms. The average Bonchev–Trinajstić information content (AvgIpc) is 3.15. The molecule has 0 radical (unpaired) electrons. The molecule has 0 fully saturated rings. The smallest absolute Gasteiger partial charge is 0.222 e. The Kier molecular flexibility index (Phi) is 2.85. The molecular weight excluding hydrogens is 310 g/mol. The van der Waals surface area contributed by atoms with E-state index in [0.29, 0.717) is 11.3 Å². The standard InChI is InChI=1S/C16H13N5OS/c1-7(22)11-2-3-12(23-11)9-6-10-13(8-4-5-19-14(8)9)15(17)21-16(18)20-10/h2-6,19H,1H3,(H4,17,18,20,21). The summed E-state index contributed by atoms with van der Waals surface area (Å²) in [6.45, 7) is 1.56. The zero-order chi connectivity index (χ0) is 16.1. The van der Waals surface area contributed by atoms with Gasteiger partial charge in [-0.05, 0) is 31.2 Å². The second-order valence-electron chi connectivity index (χ2n) is 5.27. The molecule has 3 aromatic heterocycles. The number of hydrogen-bond acceptors (Lipinski definition) is 6. The van der Waals surface area contributed by atoms with Crippen LogP contribution in [0.4, 0.5) is 11.8 Å². The predicted octanol–water partition coefficient (Wildman–Crippen LogP) is 3.21. The minimum absolute atomic E-state index is 0.0561. The Balaban J connectivity index is 2.09. The Morgan fingerprint density at radius 1 is 1.22 bits per heavy atom. The highest BCUT2D eigenvalue weighted by Crippen LogP contribution is 2.38. The van der Waals surface area contributed by atoms with Crippen LogP contribution in [-0.2, 0) is 0 Å². The molecule has 6 nitrogen and oxygen atoms in total. The Labute approximate surface area is 135 Å². The summed E-state index contributed by atoms with van der Waals surface area (Å²) in [4.78, 5) is 24.9. The van der Waals surface area contributed by atoms with Crippen molar-refractivity contribution in [3.63, 3.8) is 0 Å². The highest BCUT2D eigenvalue weighted by molar-refractivity contribution is 7.17. The zero-order valence-corrected chi connectivity index (χ0v) is 13.1. The van der Waals surface area contributed by atoms with Crippen molar-refractivity contribution >= 4 is 50.7 Å². The SMILES string of the molecule is CC(=O)c1ccc(-c2cc3nc(N)nc(N)c3c3cc[nH]c23)s1. The molecule has 4 aromatic rings. The Morgan fingerprint density at radius 2 is 2.04 bits per heavy atom. The van der Waals surface area contributed by atoms with Gasteiger partial charge in [-0.1, -0.05) is 0 Å². The first-order chi connectivity index (χ1) is 11.0. The number of carbonyl (C=O) groups excluding carboxylic acids is 1. The molecule has 0 saturated heterocycles. The molecule has 0 aliphatic carbocycles. The zero-order valence-electron chi connectivity index (χ0n) is 12.3. The van der Waals surface area contributed by atoms with Crippen LogP contribution in [0.5, 0.6) is 0 Å². The summed E-state index contributed by atoms with van der Waals surface area (Å²) in [5.41, 5.74) is 14.3. The maximum absolute atomic E-state index is 11.6. The fourth-order valence-corrected chi connectivity index (χ4v) is 3.69. The summed E-state index contributed by atoms with van der Waals surface area (Å²) >= 11 is 1.45. The molecule has 23 heavy (non-hydrogen) atoms. The molecule has 0 unspecified atom stereocenters. The van der Waals surface area contributed by atoms with Gasteiger partial charge < -0.3 is 16.5 Å². The quantitative estimate of drug-likeness (QED) is 0.491. The van der Waals surface area contributed by atoms with E-state index in [9.17, 15) is 4.79 Å². The fourth-order valence-electron chi connectivity index (χ4n) is 2.77. The molecule has 0 aliphatic heterocycles. The van der Waals surface area contributed by atoms with Crippen LogP contribution in [0.1, 0.15) is 16.6 Å². The fraction of sp³-hybridized carbons (Fsp3) is 0.0625. The number of thiophene rings is 1. The van der Waals surface area contributed by atoms with Gasteiger partial charge in [-0.25, -0.2) is 4.98 Å². The summed E-state index contributed by atoms with van der Waals surface area (Å²) < 4.78 is 0. The third-order valence-electron chi connectivity index (χ3n) is 3.77. The number of rotatable bonds is 2. The second kappa shape index (κ2) is 4.79. The number of aromatic amines is 1. The van der Waals surface area contributed by atoms with E-state index in [-0.39, 0.29) is 11.7 Å². The second-order valence-corrected chi connectivity index (χ2v) is 6.36. The van der Waals surface area contributed by atoms with E-state index in [0.717, 1.165) is 31.6 Å². The number of nitrogens with zero attached hydrogens (tertiary/aromatic N) is 2. The number of fused-ring (bicyclic) bond motifs is 3. The van der Waals surface area contributed by atoms with Crippen molar-refractivity contribution in [2.45, 2.75) is 6.92 Å². The van der Waals surface area contributed by atoms with Crippen molar-refractivity contribution in [2.75, 3.05) is 11.5 Å².